The van der Waals surface area contributed by atoms with E-state index in [0.29, 0.717) is 11.3 Å². The van der Waals surface area contributed by atoms with Gasteiger partial charge in [-0.2, -0.15) is 0 Å². The third-order valence-electron chi connectivity index (χ3n) is 3.11. The van der Waals surface area contributed by atoms with E-state index in [1.807, 2.05) is 25.1 Å². The average Bonchev–Trinajstić information content (AvgIpc) is 2.52. The number of hydrogen-bond acceptors (Lipinski definition) is 3. The number of aryl methyl sites for hydroxylation is 1. The molecule has 0 aromatic heterocycles. The fraction of sp³-hybridized carbons (Fsp3) is 0.176. The minimum Gasteiger partial charge on any atom is -0.484 e. The van der Waals surface area contributed by atoms with Crippen LogP contribution in [0.3, 0.4) is 0 Å². The van der Waals surface area contributed by atoms with Crippen molar-refractivity contribution in [2.45, 2.75) is 13.0 Å². The summed E-state index contributed by atoms with van der Waals surface area (Å²) in [5, 5.41) is 2.58. The number of primary amides is 1. The first-order valence-electron chi connectivity index (χ1n) is 6.89. The number of carbonyl (C=O) groups excluding carboxylic acids is 2. The molecular weight excluding hydrogens is 280 g/mol. The van der Waals surface area contributed by atoms with Gasteiger partial charge in [-0.15, -0.1) is 0 Å². The topological polar surface area (TPSA) is 81.4 Å². The number of nitrogens with two attached hydrogens (primary N) is 1. The minimum atomic E-state index is -0.865. The van der Waals surface area contributed by atoms with E-state index in [0.717, 1.165) is 5.56 Å². The number of carbonyl (C=O) groups is 2. The van der Waals surface area contributed by atoms with Crippen molar-refractivity contribution >= 4 is 11.8 Å². The van der Waals surface area contributed by atoms with E-state index in [1.54, 1.807) is 36.4 Å². The van der Waals surface area contributed by atoms with E-state index in [4.69, 9.17) is 10.5 Å². The van der Waals surface area contributed by atoms with Gasteiger partial charge in [-0.25, -0.2) is 0 Å². The molecule has 0 bridgehead atoms. The lowest BCUT2D eigenvalue weighted by Crippen LogP contribution is -2.39. The van der Waals surface area contributed by atoms with E-state index < -0.39 is 17.9 Å². The highest BCUT2D eigenvalue weighted by molar-refractivity contribution is 5.88. The summed E-state index contributed by atoms with van der Waals surface area (Å²) in [7, 11) is 0. The molecular formula is C17H18N2O3. The van der Waals surface area contributed by atoms with Gasteiger partial charge in [0, 0.05) is 0 Å². The first-order valence-corrected chi connectivity index (χ1v) is 6.89. The maximum Gasteiger partial charge on any atom is 0.258 e. The van der Waals surface area contributed by atoms with Gasteiger partial charge in [-0.3, -0.25) is 9.59 Å². The summed E-state index contributed by atoms with van der Waals surface area (Å²) in [6, 6.07) is 15.3. The van der Waals surface area contributed by atoms with Crippen molar-refractivity contribution in [1.29, 1.82) is 0 Å². The number of amides is 2. The molecule has 3 N–H and O–H groups in total. The lowest BCUT2D eigenvalue weighted by Gasteiger charge is -2.16. The molecule has 0 aliphatic carbocycles. The SMILES string of the molecule is Cc1ccc(OCC(=O)N[C@@H](C(N)=O)c2ccccc2)cc1. The fourth-order valence-corrected chi connectivity index (χ4v) is 1.95. The lowest BCUT2D eigenvalue weighted by atomic mass is 10.1. The van der Waals surface area contributed by atoms with Crippen LogP contribution in [-0.4, -0.2) is 18.4 Å². The Morgan fingerprint density at radius 1 is 1.09 bits per heavy atom. The zero-order valence-corrected chi connectivity index (χ0v) is 12.3. The number of nitrogens with one attached hydrogen (secondary N) is 1. The summed E-state index contributed by atoms with van der Waals surface area (Å²) in [5.74, 6) is -0.431. The van der Waals surface area contributed by atoms with Gasteiger partial charge >= 0.3 is 0 Å². The van der Waals surface area contributed by atoms with Crippen molar-refractivity contribution in [2.75, 3.05) is 6.61 Å². The van der Waals surface area contributed by atoms with E-state index in [1.165, 1.54) is 0 Å². The van der Waals surface area contributed by atoms with Crippen molar-refractivity contribution in [3.63, 3.8) is 0 Å². The third-order valence-corrected chi connectivity index (χ3v) is 3.11. The van der Waals surface area contributed by atoms with E-state index in [-0.39, 0.29) is 6.61 Å². The third kappa shape index (κ3) is 4.34. The molecule has 0 aliphatic heterocycles. The van der Waals surface area contributed by atoms with Crippen LogP contribution >= 0.6 is 0 Å². The van der Waals surface area contributed by atoms with Gasteiger partial charge in [0.05, 0.1) is 0 Å². The molecule has 2 amide bonds. The Kier molecular flexibility index (Phi) is 5.14. The Morgan fingerprint density at radius 3 is 2.32 bits per heavy atom. The summed E-state index contributed by atoms with van der Waals surface area (Å²) in [6.07, 6.45) is 0. The minimum absolute atomic E-state index is 0.181. The van der Waals surface area contributed by atoms with Crippen molar-refractivity contribution in [3.8, 4) is 5.75 Å². The smallest absolute Gasteiger partial charge is 0.258 e. The Labute approximate surface area is 129 Å². The summed E-state index contributed by atoms with van der Waals surface area (Å²) < 4.78 is 5.38. The molecule has 0 heterocycles. The molecule has 5 heteroatoms. The van der Waals surface area contributed by atoms with Crippen LogP contribution in [0.5, 0.6) is 5.75 Å². The van der Waals surface area contributed by atoms with Crippen LogP contribution in [0, 0.1) is 6.92 Å². The maximum absolute atomic E-state index is 11.9. The highest BCUT2D eigenvalue weighted by Gasteiger charge is 2.20. The van der Waals surface area contributed by atoms with Crippen molar-refractivity contribution < 1.29 is 14.3 Å². The molecule has 2 aromatic carbocycles. The molecule has 22 heavy (non-hydrogen) atoms. The van der Waals surface area contributed by atoms with Crippen molar-refractivity contribution in [3.05, 3.63) is 65.7 Å². The van der Waals surface area contributed by atoms with Crippen LogP contribution in [0.15, 0.2) is 54.6 Å². The van der Waals surface area contributed by atoms with Crippen molar-refractivity contribution in [1.82, 2.24) is 5.32 Å². The largest absolute Gasteiger partial charge is 0.484 e. The van der Waals surface area contributed by atoms with Crippen LogP contribution in [0.25, 0.3) is 0 Å². The molecule has 5 nitrogen and oxygen atoms in total. The van der Waals surface area contributed by atoms with Crippen LogP contribution in [0.2, 0.25) is 0 Å². The lowest BCUT2D eigenvalue weighted by molar-refractivity contribution is -0.128. The van der Waals surface area contributed by atoms with Gasteiger partial charge in [-0.05, 0) is 24.6 Å². The monoisotopic (exact) mass is 298 g/mol. The summed E-state index contributed by atoms with van der Waals surface area (Å²) in [6.45, 7) is 1.79. The number of rotatable bonds is 6. The Hall–Kier alpha value is -2.82. The average molecular weight is 298 g/mol. The highest BCUT2D eigenvalue weighted by Crippen LogP contribution is 2.13. The van der Waals surface area contributed by atoms with Gasteiger partial charge in [0.25, 0.3) is 5.91 Å². The normalized spacial score (nSPS) is 11.5. The molecule has 1 atom stereocenters. The van der Waals surface area contributed by atoms with Gasteiger partial charge in [0.1, 0.15) is 11.8 Å². The number of ether oxygens (including phenoxy) is 1. The Balaban J connectivity index is 1.94. The molecule has 0 radical (unpaired) electrons. The van der Waals surface area contributed by atoms with Crippen LogP contribution < -0.4 is 15.8 Å². The molecule has 0 unspecified atom stereocenters. The second kappa shape index (κ2) is 7.26. The van der Waals surface area contributed by atoms with Gasteiger partial charge in [-0.1, -0.05) is 48.0 Å². The second-order valence-electron chi connectivity index (χ2n) is 4.92. The zero-order chi connectivity index (χ0) is 15.9. The molecule has 0 saturated carbocycles. The maximum atomic E-state index is 11.9. The molecule has 114 valence electrons. The molecule has 0 spiro atoms. The Bertz CT molecular complexity index is 639. The van der Waals surface area contributed by atoms with E-state index in [9.17, 15) is 9.59 Å². The van der Waals surface area contributed by atoms with E-state index >= 15 is 0 Å². The number of benzene rings is 2. The van der Waals surface area contributed by atoms with Crippen LogP contribution in [0.1, 0.15) is 17.2 Å². The summed E-state index contributed by atoms with van der Waals surface area (Å²) >= 11 is 0. The molecule has 2 rings (SSSR count). The van der Waals surface area contributed by atoms with Gasteiger partial charge in [0.2, 0.25) is 5.91 Å². The fourth-order valence-electron chi connectivity index (χ4n) is 1.95. The predicted octanol–water partition coefficient (Wildman–Crippen LogP) is 1.72. The van der Waals surface area contributed by atoms with Crippen LogP contribution in [0.4, 0.5) is 0 Å². The van der Waals surface area contributed by atoms with Gasteiger partial charge < -0.3 is 15.8 Å². The summed E-state index contributed by atoms with van der Waals surface area (Å²) in [5.41, 5.74) is 7.09. The predicted molar refractivity (Wildman–Crippen MR) is 83.2 cm³/mol. The van der Waals surface area contributed by atoms with Crippen molar-refractivity contribution in [2.24, 2.45) is 5.73 Å². The zero-order valence-electron chi connectivity index (χ0n) is 12.3. The molecule has 0 aliphatic rings. The molecule has 2 aromatic rings. The van der Waals surface area contributed by atoms with E-state index in [2.05, 4.69) is 5.32 Å². The first-order chi connectivity index (χ1) is 10.6. The highest BCUT2D eigenvalue weighted by atomic mass is 16.5. The van der Waals surface area contributed by atoms with Crippen LogP contribution in [-0.2, 0) is 9.59 Å². The second-order valence-corrected chi connectivity index (χ2v) is 4.92. The van der Waals surface area contributed by atoms with Gasteiger partial charge in [0.15, 0.2) is 6.61 Å². The molecule has 0 fully saturated rings. The first kappa shape index (κ1) is 15.6. The number of hydrogen-bond donors (Lipinski definition) is 2. The molecule has 0 saturated heterocycles. The quantitative estimate of drug-likeness (QED) is 0.852. The Morgan fingerprint density at radius 2 is 1.73 bits per heavy atom. The summed E-state index contributed by atoms with van der Waals surface area (Å²) in [4.78, 5) is 23.4. The standard InChI is InChI=1S/C17H18N2O3/c1-12-7-9-14(10-8-12)22-11-15(20)19-16(17(18)21)13-5-3-2-4-6-13/h2-10,16H,11H2,1H3,(H2,18,21)(H,19,20)/t16-/m1/s1.